The molecule has 1 atom stereocenters. The molecule has 0 amide bonds. The Morgan fingerprint density at radius 3 is 1.71 bits per heavy atom. The van der Waals surface area contributed by atoms with Gasteiger partial charge in [0, 0.05) is 5.56 Å². The molecule has 4 nitrogen and oxygen atoms in total. The van der Waals surface area contributed by atoms with Crippen molar-refractivity contribution in [2.24, 2.45) is 0 Å². The number of hydrogen-bond acceptors (Lipinski definition) is 4. The van der Waals surface area contributed by atoms with Crippen LogP contribution in [0.15, 0.2) is 140 Å². The van der Waals surface area contributed by atoms with Gasteiger partial charge in [-0.15, -0.1) is 0 Å². The van der Waals surface area contributed by atoms with Gasteiger partial charge in [0.1, 0.15) is 23.4 Å². The van der Waals surface area contributed by atoms with E-state index in [9.17, 15) is 10.2 Å². The van der Waals surface area contributed by atoms with Crippen LogP contribution in [0.4, 0.5) is 0 Å². The Bertz CT molecular complexity index is 1910. The zero-order chi connectivity index (χ0) is 31.0. The van der Waals surface area contributed by atoms with E-state index in [1.807, 2.05) is 54.6 Å². The first-order valence-electron chi connectivity index (χ1n) is 15.1. The molecule has 0 saturated heterocycles. The molecule has 0 spiro atoms. The summed E-state index contributed by atoms with van der Waals surface area (Å²) in [5, 5.41) is 21.5. The lowest BCUT2D eigenvalue weighted by Crippen LogP contribution is -2.28. The molecule has 0 radical (unpaired) electrons. The maximum atomic E-state index is 10.9. The Morgan fingerprint density at radius 2 is 1.16 bits per heavy atom. The molecule has 6 aromatic carbocycles. The van der Waals surface area contributed by atoms with Crippen LogP contribution in [-0.2, 0) is 12.0 Å². The molecule has 222 valence electrons. The van der Waals surface area contributed by atoms with Crippen molar-refractivity contribution >= 4 is 0 Å². The second-order valence-corrected chi connectivity index (χ2v) is 11.5. The van der Waals surface area contributed by atoms with E-state index in [0.29, 0.717) is 17.1 Å². The SMILES string of the molecule is COc1ccc(C(O)c2ccc(Oc3ccc(C4(c5ccc(C)cc5)c5ccccc5-c5ccccc54)cc3CO)cc2)cc1. The van der Waals surface area contributed by atoms with Crippen LogP contribution in [0.1, 0.15) is 50.6 Å². The van der Waals surface area contributed by atoms with Crippen molar-refractivity contribution in [3.63, 3.8) is 0 Å². The zero-order valence-electron chi connectivity index (χ0n) is 25.3. The lowest BCUT2D eigenvalue weighted by molar-refractivity contribution is 0.220. The molecule has 0 saturated carbocycles. The van der Waals surface area contributed by atoms with Gasteiger partial charge in [0.25, 0.3) is 0 Å². The molecule has 1 unspecified atom stereocenters. The van der Waals surface area contributed by atoms with E-state index in [1.165, 1.54) is 33.4 Å². The molecule has 6 aromatic rings. The van der Waals surface area contributed by atoms with Crippen LogP contribution in [0.3, 0.4) is 0 Å². The number of aryl methyl sites for hydroxylation is 1. The Kier molecular flexibility index (Phi) is 7.46. The molecule has 1 aliphatic carbocycles. The maximum absolute atomic E-state index is 10.9. The van der Waals surface area contributed by atoms with Crippen molar-refractivity contribution in [3.05, 3.63) is 184 Å². The molecular formula is C41H34O4. The van der Waals surface area contributed by atoms with Crippen molar-refractivity contribution in [3.8, 4) is 28.4 Å². The number of hydrogen-bond donors (Lipinski definition) is 2. The predicted octanol–water partition coefficient (Wildman–Crippen LogP) is 8.73. The molecule has 0 fully saturated rings. The number of ether oxygens (including phenoxy) is 2. The third-order valence-corrected chi connectivity index (χ3v) is 8.96. The molecule has 0 aromatic heterocycles. The summed E-state index contributed by atoms with van der Waals surface area (Å²) in [5.74, 6) is 1.95. The maximum Gasteiger partial charge on any atom is 0.132 e. The lowest BCUT2D eigenvalue weighted by Gasteiger charge is -2.34. The van der Waals surface area contributed by atoms with Gasteiger partial charge in [0.2, 0.25) is 0 Å². The highest BCUT2D eigenvalue weighted by molar-refractivity contribution is 5.86. The fourth-order valence-electron chi connectivity index (χ4n) is 6.69. The van der Waals surface area contributed by atoms with Crippen LogP contribution in [0.2, 0.25) is 0 Å². The highest BCUT2D eigenvalue weighted by atomic mass is 16.5. The summed E-state index contributed by atoms with van der Waals surface area (Å²) in [5.41, 5.74) is 10.0. The van der Waals surface area contributed by atoms with Crippen LogP contribution in [0, 0.1) is 6.92 Å². The summed E-state index contributed by atoms with van der Waals surface area (Å²) >= 11 is 0. The van der Waals surface area contributed by atoms with Crippen LogP contribution < -0.4 is 9.47 Å². The number of methoxy groups -OCH3 is 1. The number of aliphatic hydroxyl groups is 2. The number of aliphatic hydroxyl groups excluding tert-OH is 2. The number of fused-ring (bicyclic) bond motifs is 3. The van der Waals surface area contributed by atoms with E-state index in [2.05, 4.69) is 91.9 Å². The summed E-state index contributed by atoms with van der Waals surface area (Å²) in [7, 11) is 1.62. The first-order valence-corrected chi connectivity index (χ1v) is 15.1. The Morgan fingerprint density at radius 1 is 0.622 bits per heavy atom. The monoisotopic (exact) mass is 590 g/mol. The molecular weight excluding hydrogens is 556 g/mol. The van der Waals surface area contributed by atoms with Gasteiger partial charge in [-0.05, 0) is 87.8 Å². The second-order valence-electron chi connectivity index (χ2n) is 11.5. The lowest BCUT2D eigenvalue weighted by atomic mass is 9.67. The molecule has 0 heterocycles. The highest BCUT2D eigenvalue weighted by Crippen LogP contribution is 2.56. The molecule has 45 heavy (non-hydrogen) atoms. The molecule has 7 rings (SSSR count). The minimum Gasteiger partial charge on any atom is -0.497 e. The van der Waals surface area contributed by atoms with Crippen LogP contribution in [0.5, 0.6) is 17.2 Å². The minimum atomic E-state index is -0.771. The van der Waals surface area contributed by atoms with Crippen LogP contribution in [-0.4, -0.2) is 17.3 Å². The molecule has 0 aliphatic heterocycles. The highest BCUT2D eigenvalue weighted by Gasteiger charge is 2.46. The fraction of sp³-hybridized carbons (Fsp3) is 0.122. The average Bonchev–Trinajstić information content (AvgIpc) is 3.40. The van der Waals surface area contributed by atoms with E-state index in [1.54, 1.807) is 7.11 Å². The Labute approximate surface area is 263 Å². The Balaban J connectivity index is 1.26. The molecule has 2 N–H and O–H groups in total. The predicted molar refractivity (Wildman–Crippen MR) is 178 cm³/mol. The Hall–Kier alpha value is -5.16. The summed E-state index contributed by atoms with van der Waals surface area (Å²) < 4.78 is 11.6. The van der Waals surface area contributed by atoms with Gasteiger partial charge >= 0.3 is 0 Å². The van der Waals surface area contributed by atoms with Crippen LogP contribution in [0.25, 0.3) is 11.1 Å². The van der Waals surface area contributed by atoms with E-state index >= 15 is 0 Å². The normalized spacial score (nSPS) is 13.5. The van der Waals surface area contributed by atoms with Gasteiger partial charge in [-0.25, -0.2) is 0 Å². The average molecular weight is 591 g/mol. The molecule has 1 aliphatic rings. The summed E-state index contributed by atoms with van der Waals surface area (Å²) in [6.07, 6.45) is -0.771. The largest absolute Gasteiger partial charge is 0.497 e. The van der Waals surface area contributed by atoms with Gasteiger partial charge in [-0.2, -0.15) is 0 Å². The second kappa shape index (κ2) is 11.7. The van der Waals surface area contributed by atoms with Gasteiger partial charge in [0.05, 0.1) is 19.1 Å². The van der Waals surface area contributed by atoms with E-state index in [4.69, 9.17) is 9.47 Å². The fourth-order valence-corrected chi connectivity index (χ4v) is 6.69. The van der Waals surface area contributed by atoms with Crippen molar-refractivity contribution < 1.29 is 19.7 Å². The third kappa shape index (κ3) is 4.89. The first kappa shape index (κ1) is 28.6. The smallest absolute Gasteiger partial charge is 0.132 e. The van der Waals surface area contributed by atoms with Crippen molar-refractivity contribution in [2.45, 2.75) is 25.0 Å². The number of benzene rings is 6. The summed E-state index contributed by atoms with van der Waals surface area (Å²) in [4.78, 5) is 0. The van der Waals surface area contributed by atoms with Gasteiger partial charge < -0.3 is 19.7 Å². The topological polar surface area (TPSA) is 58.9 Å². The van der Waals surface area contributed by atoms with E-state index in [0.717, 1.165) is 22.4 Å². The van der Waals surface area contributed by atoms with Gasteiger partial charge in [-0.3, -0.25) is 0 Å². The van der Waals surface area contributed by atoms with E-state index < -0.39 is 11.5 Å². The summed E-state index contributed by atoms with van der Waals surface area (Å²) in [6, 6.07) is 47.0. The van der Waals surface area contributed by atoms with Gasteiger partial charge in [0.15, 0.2) is 0 Å². The van der Waals surface area contributed by atoms with Crippen LogP contribution >= 0.6 is 0 Å². The van der Waals surface area contributed by atoms with Gasteiger partial charge in [-0.1, -0.05) is 109 Å². The third-order valence-electron chi connectivity index (χ3n) is 8.96. The number of rotatable bonds is 8. The van der Waals surface area contributed by atoms with Crippen molar-refractivity contribution in [2.75, 3.05) is 7.11 Å². The quantitative estimate of drug-likeness (QED) is 0.186. The summed E-state index contributed by atoms with van der Waals surface area (Å²) in [6.45, 7) is 1.93. The first-order chi connectivity index (χ1) is 22.0. The zero-order valence-corrected chi connectivity index (χ0v) is 25.3. The van der Waals surface area contributed by atoms with E-state index in [-0.39, 0.29) is 6.61 Å². The van der Waals surface area contributed by atoms with Crippen molar-refractivity contribution in [1.82, 2.24) is 0 Å². The standard InChI is InChI=1S/C41H34O4/c1-27-11-17-31(18-12-27)41(37-9-5-3-7-35(37)36-8-4-6-10-38(36)41)32-19-24-39(30(25-32)26-42)45-34-22-15-29(16-23-34)40(43)28-13-20-33(44-2)21-14-28/h3-25,40,42-43H,26H2,1-2H3. The molecule has 4 heteroatoms. The molecule has 0 bridgehead atoms. The van der Waals surface area contributed by atoms with Crippen molar-refractivity contribution in [1.29, 1.82) is 0 Å². The minimum absolute atomic E-state index is 0.176.